The molecule has 0 unspecified atom stereocenters. The maximum absolute atomic E-state index is 13.4. The van der Waals surface area contributed by atoms with E-state index in [4.69, 9.17) is 9.47 Å². The van der Waals surface area contributed by atoms with Crippen molar-refractivity contribution in [3.63, 3.8) is 0 Å². The molecule has 0 radical (unpaired) electrons. The summed E-state index contributed by atoms with van der Waals surface area (Å²) in [6.07, 6.45) is 7.12. The zero-order valence-electron chi connectivity index (χ0n) is 20.9. The van der Waals surface area contributed by atoms with Gasteiger partial charge in [-0.25, -0.2) is 0 Å². The van der Waals surface area contributed by atoms with Crippen molar-refractivity contribution in [3.8, 4) is 11.5 Å². The van der Waals surface area contributed by atoms with Crippen molar-refractivity contribution in [3.05, 3.63) is 53.3 Å². The number of benzene rings is 1. The second kappa shape index (κ2) is 11.9. The van der Waals surface area contributed by atoms with Crippen LogP contribution < -0.4 is 20.1 Å². The van der Waals surface area contributed by atoms with Gasteiger partial charge in [-0.2, -0.15) is 0 Å². The molecule has 2 aliphatic heterocycles. The molecule has 1 saturated heterocycles. The molecule has 9 heteroatoms. The van der Waals surface area contributed by atoms with Gasteiger partial charge < -0.3 is 25.0 Å². The normalized spacial score (nSPS) is 21.2. The number of hydrogen-bond donors (Lipinski definition) is 2. The van der Waals surface area contributed by atoms with E-state index in [1.54, 1.807) is 43.6 Å². The number of amides is 3. The molecule has 192 valence electrons. The predicted molar refractivity (Wildman–Crippen MR) is 134 cm³/mol. The number of carbonyl (C=O) groups is 3. The fourth-order valence-corrected chi connectivity index (χ4v) is 5.14. The van der Waals surface area contributed by atoms with Gasteiger partial charge in [0.15, 0.2) is 11.5 Å². The van der Waals surface area contributed by atoms with Crippen LogP contribution in [0.25, 0.3) is 0 Å². The van der Waals surface area contributed by atoms with Gasteiger partial charge >= 0.3 is 0 Å². The predicted octanol–water partition coefficient (Wildman–Crippen LogP) is 2.27. The molecule has 4 rings (SSSR count). The summed E-state index contributed by atoms with van der Waals surface area (Å²) in [5.74, 6) is 0.985. The quantitative estimate of drug-likeness (QED) is 0.678. The minimum atomic E-state index is -0.227. The Bertz CT molecular complexity index is 1090. The van der Waals surface area contributed by atoms with Gasteiger partial charge in [0, 0.05) is 50.4 Å². The molecule has 3 heterocycles. The fraction of sp³-hybridized carbons (Fsp3) is 0.481. The van der Waals surface area contributed by atoms with Crippen molar-refractivity contribution < 1.29 is 23.9 Å². The summed E-state index contributed by atoms with van der Waals surface area (Å²) in [5.41, 5.74) is 2.45. The van der Waals surface area contributed by atoms with Gasteiger partial charge in [0.25, 0.3) is 5.91 Å². The summed E-state index contributed by atoms with van der Waals surface area (Å²) in [5, 5.41) is 6.02. The van der Waals surface area contributed by atoms with Crippen LogP contribution in [0.15, 0.2) is 36.7 Å². The summed E-state index contributed by atoms with van der Waals surface area (Å²) in [4.78, 5) is 44.8. The summed E-state index contributed by atoms with van der Waals surface area (Å²) >= 11 is 0. The lowest BCUT2D eigenvalue weighted by Crippen LogP contribution is -2.47. The van der Waals surface area contributed by atoms with Crippen LogP contribution in [-0.4, -0.2) is 67.0 Å². The first-order valence-electron chi connectivity index (χ1n) is 12.5. The Kier molecular flexibility index (Phi) is 8.40. The van der Waals surface area contributed by atoms with Gasteiger partial charge in [-0.3, -0.25) is 19.4 Å². The molecular weight excluding hydrogens is 460 g/mol. The van der Waals surface area contributed by atoms with Crippen LogP contribution in [0.3, 0.4) is 0 Å². The van der Waals surface area contributed by atoms with Gasteiger partial charge in [0.05, 0.1) is 19.8 Å². The minimum Gasteiger partial charge on any atom is -0.493 e. The summed E-state index contributed by atoms with van der Waals surface area (Å²) < 4.78 is 11.1. The van der Waals surface area contributed by atoms with E-state index >= 15 is 0 Å². The van der Waals surface area contributed by atoms with Crippen molar-refractivity contribution in [1.82, 2.24) is 20.5 Å². The van der Waals surface area contributed by atoms with E-state index in [0.717, 1.165) is 24.0 Å². The molecule has 2 N–H and O–H groups in total. The lowest BCUT2D eigenvalue weighted by Gasteiger charge is -2.30. The van der Waals surface area contributed by atoms with Gasteiger partial charge in [0.2, 0.25) is 11.8 Å². The number of methoxy groups -OCH3 is 2. The maximum atomic E-state index is 13.4. The van der Waals surface area contributed by atoms with Crippen LogP contribution in [-0.2, 0) is 22.4 Å². The Labute approximate surface area is 211 Å². The number of pyridine rings is 1. The van der Waals surface area contributed by atoms with Crippen molar-refractivity contribution in [2.45, 2.75) is 57.0 Å². The number of rotatable bonds is 3. The average molecular weight is 495 g/mol. The molecule has 3 amide bonds. The molecule has 9 nitrogen and oxygen atoms in total. The third-order valence-electron chi connectivity index (χ3n) is 6.92. The molecule has 1 fully saturated rings. The van der Waals surface area contributed by atoms with Gasteiger partial charge in [0.1, 0.15) is 0 Å². The third kappa shape index (κ3) is 5.95. The van der Waals surface area contributed by atoms with E-state index in [9.17, 15) is 14.4 Å². The Morgan fingerprint density at radius 1 is 1.03 bits per heavy atom. The topological polar surface area (TPSA) is 110 Å². The highest BCUT2D eigenvalue weighted by atomic mass is 16.5. The molecule has 2 aliphatic rings. The molecule has 2 aromatic rings. The molecule has 0 spiro atoms. The lowest BCUT2D eigenvalue weighted by atomic mass is 10.0. The Balaban J connectivity index is 1.55. The molecule has 0 saturated carbocycles. The second-order valence-corrected chi connectivity index (χ2v) is 9.29. The standard InChI is InChI=1S/C27H34N4O5/c1-35-23-14-18-7-10-24(32)30-17-22-9-8-21(31(22)27(34)20-6-3-11-28-16-20)15-25(33)29-12-4-5-19(13-18)26(23)36-2/h3,6,11,13-14,16,21-22H,4-5,7-10,12,15,17H2,1-2H3,(H,29,33)(H,30,32)/t21-,22+/m0/s1. The van der Waals surface area contributed by atoms with Gasteiger partial charge in [-0.05, 0) is 61.4 Å². The second-order valence-electron chi connectivity index (χ2n) is 9.29. The summed E-state index contributed by atoms with van der Waals surface area (Å²) in [7, 11) is 3.21. The number of carbonyl (C=O) groups excluding carboxylic acids is 3. The lowest BCUT2D eigenvalue weighted by molar-refractivity contribution is -0.123. The molecule has 2 atom stereocenters. The first-order chi connectivity index (χ1) is 17.5. The van der Waals surface area contributed by atoms with E-state index in [0.29, 0.717) is 55.8 Å². The van der Waals surface area contributed by atoms with E-state index in [1.807, 2.05) is 12.1 Å². The van der Waals surface area contributed by atoms with Gasteiger partial charge in [-0.15, -0.1) is 0 Å². The SMILES string of the molecule is COc1cc2cc(c1OC)CCCNC(=O)C[C@@H]1CC[C@H](CNC(=O)CC2)N1C(=O)c1cccnc1. The summed E-state index contributed by atoms with van der Waals surface area (Å²) in [6.45, 7) is 0.863. The number of ether oxygens (including phenoxy) is 2. The van der Waals surface area contributed by atoms with Crippen LogP contribution in [0.5, 0.6) is 11.5 Å². The number of aromatic nitrogens is 1. The van der Waals surface area contributed by atoms with E-state index in [2.05, 4.69) is 15.6 Å². The monoisotopic (exact) mass is 494 g/mol. The molecule has 4 bridgehead atoms. The first-order valence-corrected chi connectivity index (χ1v) is 12.5. The van der Waals surface area contributed by atoms with E-state index in [-0.39, 0.29) is 36.2 Å². The van der Waals surface area contributed by atoms with Crippen LogP contribution in [0.4, 0.5) is 0 Å². The van der Waals surface area contributed by atoms with Crippen molar-refractivity contribution in [1.29, 1.82) is 0 Å². The van der Waals surface area contributed by atoms with Crippen LogP contribution in [0.2, 0.25) is 0 Å². The average Bonchev–Trinajstić information content (AvgIpc) is 3.29. The zero-order valence-corrected chi connectivity index (χ0v) is 20.9. The van der Waals surface area contributed by atoms with E-state index in [1.165, 1.54) is 0 Å². The van der Waals surface area contributed by atoms with Crippen molar-refractivity contribution in [2.75, 3.05) is 27.3 Å². The van der Waals surface area contributed by atoms with Crippen LogP contribution >= 0.6 is 0 Å². The minimum absolute atomic E-state index is 0.0781. The van der Waals surface area contributed by atoms with Crippen molar-refractivity contribution in [2.24, 2.45) is 0 Å². The Hall–Kier alpha value is -3.62. The Morgan fingerprint density at radius 2 is 1.86 bits per heavy atom. The summed E-state index contributed by atoms with van der Waals surface area (Å²) in [6, 6.07) is 7.00. The highest BCUT2D eigenvalue weighted by Gasteiger charge is 2.38. The largest absolute Gasteiger partial charge is 0.493 e. The maximum Gasteiger partial charge on any atom is 0.255 e. The smallest absolute Gasteiger partial charge is 0.255 e. The molecule has 1 aromatic heterocycles. The van der Waals surface area contributed by atoms with Crippen LogP contribution in [0, 0.1) is 0 Å². The first kappa shape index (κ1) is 25.5. The molecular formula is C27H34N4O5. The van der Waals surface area contributed by atoms with Crippen molar-refractivity contribution >= 4 is 17.7 Å². The number of aryl methyl sites for hydroxylation is 2. The molecule has 36 heavy (non-hydrogen) atoms. The molecule has 1 aromatic carbocycles. The highest BCUT2D eigenvalue weighted by Crippen LogP contribution is 2.34. The number of hydrogen-bond acceptors (Lipinski definition) is 6. The highest BCUT2D eigenvalue weighted by molar-refractivity contribution is 5.95. The zero-order chi connectivity index (χ0) is 25.5. The third-order valence-corrected chi connectivity index (χ3v) is 6.92. The number of fused-ring (bicyclic) bond motifs is 4. The number of nitrogens with one attached hydrogen (secondary N) is 2. The fourth-order valence-electron chi connectivity index (χ4n) is 5.14. The van der Waals surface area contributed by atoms with E-state index < -0.39 is 0 Å². The number of nitrogens with zero attached hydrogens (tertiary/aromatic N) is 2. The molecule has 0 aliphatic carbocycles. The van der Waals surface area contributed by atoms with Gasteiger partial charge in [-0.1, -0.05) is 6.07 Å². The van der Waals surface area contributed by atoms with Crippen LogP contribution in [0.1, 0.15) is 53.6 Å². The Morgan fingerprint density at radius 3 is 2.61 bits per heavy atom.